The van der Waals surface area contributed by atoms with E-state index in [2.05, 4.69) is 14.8 Å². The van der Waals surface area contributed by atoms with E-state index < -0.39 is 11.5 Å². The molecule has 118 valence electrons. The monoisotopic (exact) mass is 334 g/mol. The molecule has 0 bridgehead atoms. The summed E-state index contributed by atoms with van der Waals surface area (Å²) in [5.41, 5.74) is -0.261. The minimum absolute atomic E-state index is 0.00852. The molecule has 0 N–H and O–H groups in total. The van der Waals surface area contributed by atoms with Gasteiger partial charge in [-0.25, -0.2) is 9.67 Å². The van der Waals surface area contributed by atoms with Crippen LogP contribution in [0.4, 0.5) is 14.5 Å². The van der Waals surface area contributed by atoms with E-state index >= 15 is 0 Å². The molecule has 2 aromatic heterocycles. The fourth-order valence-electron chi connectivity index (χ4n) is 1.74. The van der Waals surface area contributed by atoms with Crippen molar-refractivity contribution in [1.29, 1.82) is 0 Å². The summed E-state index contributed by atoms with van der Waals surface area (Å²) in [6, 6.07) is 1.13. The smallest absolute Gasteiger partial charge is 0.388 e. The molecule has 0 unspecified atom stereocenters. The van der Waals surface area contributed by atoms with Crippen LogP contribution in [0, 0.1) is 10.1 Å². The molecule has 0 spiro atoms. The van der Waals surface area contributed by atoms with Crippen molar-refractivity contribution >= 4 is 17.3 Å². The van der Waals surface area contributed by atoms with Gasteiger partial charge < -0.3 is 9.47 Å². The molecule has 0 saturated heterocycles. The first-order chi connectivity index (χ1) is 10.3. The molecule has 2 heterocycles. The third kappa shape index (κ3) is 2.91. The molecular weight excluding hydrogens is 326 g/mol. The zero-order chi connectivity index (χ0) is 16.4. The Hall–Kier alpha value is -2.49. The second-order valence-electron chi connectivity index (χ2n) is 3.98. The van der Waals surface area contributed by atoms with Crippen molar-refractivity contribution in [2.45, 2.75) is 6.61 Å². The summed E-state index contributed by atoms with van der Waals surface area (Å²) in [6.45, 7) is -3.09. The lowest BCUT2D eigenvalue weighted by Gasteiger charge is -2.05. The van der Waals surface area contributed by atoms with E-state index in [1.165, 1.54) is 14.2 Å². The fourth-order valence-corrected chi connectivity index (χ4v) is 2.05. The number of nitro groups is 1. The zero-order valence-electron chi connectivity index (χ0n) is 11.3. The molecule has 0 atom stereocenters. The van der Waals surface area contributed by atoms with Crippen LogP contribution in [0.2, 0.25) is 5.02 Å². The van der Waals surface area contributed by atoms with E-state index in [9.17, 15) is 18.9 Å². The van der Waals surface area contributed by atoms with Crippen molar-refractivity contribution < 1.29 is 23.2 Å². The first kappa shape index (κ1) is 15.9. The van der Waals surface area contributed by atoms with Gasteiger partial charge in [0, 0.05) is 13.1 Å². The number of aromatic nitrogens is 3. The lowest BCUT2D eigenvalue weighted by molar-refractivity contribution is -0.385. The topological polar surface area (TPSA) is 92.3 Å². The minimum Gasteiger partial charge on any atom is -0.480 e. The van der Waals surface area contributed by atoms with Gasteiger partial charge in [0.15, 0.2) is 0 Å². The Bertz CT molecular complexity index is 722. The van der Waals surface area contributed by atoms with Gasteiger partial charge in [0.2, 0.25) is 11.8 Å². The summed E-state index contributed by atoms with van der Waals surface area (Å²) in [4.78, 5) is 13.9. The average Bonchev–Trinajstić information content (AvgIpc) is 2.74. The summed E-state index contributed by atoms with van der Waals surface area (Å²) >= 11 is 5.97. The molecule has 0 aromatic carbocycles. The van der Waals surface area contributed by atoms with Crippen molar-refractivity contribution in [1.82, 2.24) is 14.8 Å². The van der Waals surface area contributed by atoms with Crippen LogP contribution in [-0.4, -0.2) is 33.4 Å². The maximum Gasteiger partial charge on any atom is 0.388 e. The van der Waals surface area contributed by atoms with Gasteiger partial charge in [-0.2, -0.15) is 13.9 Å². The highest BCUT2D eigenvalue weighted by Gasteiger charge is 2.24. The highest BCUT2D eigenvalue weighted by atomic mass is 35.5. The largest absolute Gasteiger partial charge is 0.480 e. The molecule has 2 rings (SSSR count). The molecule has 0 aliphatic heterocycles. The Balaban J connectivity index is 2.60. The molecule has 0 aliphatic rings. The molecule has 0 amide bonds. The molecule has 11 heteroatoms. The van der Waals surface area contributed by atoms with E-state index in [0.717, 1.165) is 16.9 Å². The van der Waals surface area contributed by atoms with Gasteiger partial charge >= 0.3 is 6.61 Å². The fraction of sp³-hybridized carbons (Fsp3) is 0.273. The van der Waals surface area contributed by atoms with Crippen LogP contribution >= 0.6 is 11.6 Å². The highest BCUT2D eigenvalue weighted by molar-refractivity contribution is 6.34. The Morgan fingerprint density at radius 3 is 2.73 bits per heavy atom. The first-order valence-electron chi connectivity index (χ1n) is 5.71. The van der Waals surface area contributed by atoms with Gasteiger partial charge in [0.1, 0.15) is 16.9 Å². The quantitative estimate of drug-likeness (QED) is 0.616. The number of rotatable bonds is 5. The van der Waals surface area contributed by atoms with Gasteiger partial charge in [-0.1, -0.05) is 11.6 Å². The number of alkyl halides is 2. The van der Waals surface area contributed by atoms with Crippen molar-refractivity contribution in [2.75, 3.05) is 7.11 Å². The lowest BCUT2D eigenvalue weighted by Crippen LogP contribution is -2.06. The Morgan fingerprint density at radius 1 is 1.50 bits per heavy atom. The molecule has 0 radical (unpaired) electrons. The van der Waals surface area contributed by atoms with Crippen molar-refractivity contribution in [3.63, 3.8) is 0 Å². The highest BCUT2D eigenvalue weighted by Crippen LogP contribution is 2.39. The molecule has 2 aromatic rings. The van der Waals surface area contributed by atoms with Gasteiger partial charge in [-0.3, -0.25) is 10.1 Å². The number of aryl methyl sites for hydroxylation is 1. The van der Waals surface area contributed by atoms with Crippen molar-refractivity contribution in [3.8, 4) is 23.0 Å². The molecule has 0 saturated carbocycles. The van der Waals surface area contributed by atoms with Crippen LogP contribution in [0.25, 0.3) is 11.3 Å². The average molecular weight is 335 g/mol. The van der Waals surface area contributed by atoms with Gasteiger partial charge in [0.25, 0.3) is 5.69 Å². The Labute approximate surface area is 127 Å². The van der Waals surface area contributed by atoms with Gasteiger partial charge in [0.05, 0.1) is 17.6 Å². The van der Waals surface area contributed by atoms with Gasteiger partial charge in [-0.05, 0) is 0 Å². The third-order valence-electron chi connectivity index (χ3n) is 2.64. The van der Waals surface area contributed by atoms with E-state index in [1.807, 2.05) is 0 Å². The van der Waals surface area contributed by atoms with E-state index in [0.29, 0.717) is 0 Å². The van der Waals surface area contributed by atoms with Crippen molar-refractivity contribution in [2.24, 2.45) is 7.05 Å². The van der Waals surface area contributed by atoms with Gasteiger partial charge in [-0.15, -0.1) is 0 Å². The Morgan fingerprint density at radius 2 is 2.18 bits per heavy atom. The summed E-state index contributed by atoms with van der Waals surface area (Å²) in [5.74, 6) is -0.366. The molecule has 8 nitrogen and oxygen atoms in total. The molecular formula is C11H9ClF2N4O4. The van der Waals surface area contributed by atoms with E-state index in [4.69, 9.17) is 16.3 Å². The summed E-state index contributed by atoms with van der Waals surface area (Å²) < 4.78 is 35.0. The summed E-state index contributed by atoms with van der Waals surface area (Å²) in [7, 11) is 2.63. The van der Waals surface area contributed by atoms with Crippen molar-refractivity contribution in [3.05, 3.63) is 27.4 Å². The standard InChI is InChI=1S/C11H9ClF2N4O4/c1-17-10(22-11(13)14)7(12)8(16-17)6-3-5(18(19)20)4-15-9(6)21-2/h3-4,11H,1-2H3. The number of methoxy groups -OCH3 is 1. The van der Waals surface area contributed by atoms with E-state index in [1.54, 1.807) is 0 Å². The maximum absolute atomic E-state index is 12.4. The van der Waals surface area contributed by atoms with Crippen LogP contribution in [0.1, 0.15) is 0 Å². The number of halogens is 3. The SMILES string of the molecule is COc1ncc([N+](=O)[O-])cc1-c1nn(C)c(OC(F)F)c1Cl. The third-order valence-corrected chi connectivity index (χ3v) is 2.98. The minimum atomic E-state index is -3.09. The first-order valence-corrected chi connectivity index (χ1v) is 6.09. The normalized spacial score (nSPS) is 10.8. The van der Waals surface area contributed by atoms with Crippen LogP contribution < -0.4 is 9.47 Å². The number of ether oxygens (including phenoxy) is 2. The lowest BCUT2D eigenvalue weighted by atomic mass is 10.2. The maximum atomic E-state index is 12.4. The number of nitrogens with zero attached hydrogens (tertiary/aromatic N) is 4. The zero-order valence-corrected chi connectivity index (χ0v) is 12.0. The summed E-state index contributed by atoms with van der Waals surface area (Å²) in [6.07, 6.45) is 0.996. The van der Waals surface area contributed by atoms with Crippen LogP contribution in [0.5, 0.6) is 11.8 Å². The second-order valence-corrected chi connectivity index (χ2v) is 4.36. The predicted octanol–water partition coefficient (Wildman–Crippen LogP) is 2.65. The number of pyridine rings is 1. The summed E-state index contributed by atoms with van der Waals surface area (Å²) in [5, 5.41) is 14.5. The predicted molar refractivity (Wildman–Crippen MR) is 71.3 cm³/mol. The number of hydrogen-bond donors (Lipinski definition) is 0. The molecule has 0 aliphatic carbocycles. The van der Waals surface area contributed by atoms with Crippen LogP contribution in [0.15, 0.2) is 12.3 Å². The molecule has 22 heavy (non-hydrogen) atoms. The van der Waals surface area contributed by atoms with Crippen LogP contribution in [-0.2, 0) is 7.05 Å². The molecule has 0 fully saturated rings. The van der Waals surface area contributed by atoms with E-state index in [-0.39, 0.29) is 33.7 Å². The second kappa shape index (κ2) is 6.10. The van der Waals surface area contributed by atoms with Crippen LogP contribution in [0.3, 0.4) is 0 Å². The number of hydrogen-bond acceptors (Lipinski definition) is 6. The Kier molecular flexibility index (Phi) is 4.40.